The Morgan fingerprint density at radius 2 is 2.11 bits per heavy atom. The number of aromatic nitrogens is 2. The van der Waals surface area contributed by atoms with E-state index in [1.54, 1.807) is 17.9 Å². The third kappa shape index (κ3) is 3.36. The number of piperidine rings is 1. The van der Waals surface area contributed by atoms with Crippen molar-refractivity contribution in [3.63, 3.8) is 0 Å². The van der Waals surface area contributed by atoms with Gasteiger partial charge in [-0.25, -0.2) is 0 Å². The van der Waals surface area contributed by atoms with Crippen molar-refractivity contribution in [1.29, 1.82) is 0 Å². The zero-order valence-corrected chi connectivity index (χ0v) is 13.3. The van der Waals surface area contributed by atoms with Crippen LogP contribution in [0.25, 0.3) is 0 Å². The number of nitrogens with one attached hydrogen (secondary N) is 1. The van der Waals surface area contributed by atoms with Gasteiger partial charge in [-0.3, -0.25) is 9.48 Å². The normalized spacial score (nSPS) is 17.9. The van der Waals surface area contributed by atoms with Crippen LogP contribution in [-0.2, 0) is 7.05 Å². The Hall–Kier alpha value is -0.880. The van der Waals surface area contributed by atoms with E-state index < -0.39 is 0 Å². The maximum atomic E-state index is 12.2. The molecule has 0 spiro atoms. The van der Waals surface area contributed by atoms with Gasteiger partial charge in [-0.1, -0.05) is 0 Å². The van der Waals surface area contributed by atoms with Gasteiger partial charge in [0.2, 0.25) is 0 Å². The summed E-state index contributed by atoms with van der Waals surface area (Å²) in [6.45, 7) is 6.53. The van der Waals surface area contributed by atoms with Crippen molar-refractivity contribution in [3.05, 3.63) is 16.4 Å². The molecule has 1 aliphatic heterocycles. The Morgan fingerprint density at radius 3 is 2.58 bits per heavy atom. The second kappa shape index (κ2) is 6.05. The first-order chi connectivity index (χ1) is 8.99. The van der Waals surface area contributed by atoms with E-state index in [1.165, 1.54) is 0 Å². The van der Waals surface area contributed by atoms with E-state index in [-0.39, 0.29) is 11.9 Å². The van der Waals surface area contributed by atoms with Crippen molar-refractivity contribution in [2.75, 3.05) is 13.1 Å². The number of rotatable bonds is 3. The lowest BCUT2D eigenvalue weighted by molar-refractivity contribution is 0.0890. The number of amides is 1. The van der Waals surface area contributed by atoms with Gasteiger partial charge in [0.15, 0.2) is 0 Å². The Balaban J connectivity index is 1.91. The van der Waals surface area contributed by atoms with Crippen LogP contribution in [0.5, 0.6) is 0 Å². The Kier molecular flexibility index (Phi) is 4.62. The summed E-state index contributed by atoms with van der Waals surface area (Å²) in [6, 6.07) is 0.854. The zero-order chi connectivity index (χ0) is 14.0. The molecule has 6 heteroatoms. The van der Waals surface area contributed by atoms with E-state index in [4.69, 9.17) is 0 Å². The molecule has 0 saturated carbocycles. The van der Waals surface area contributed by atoms with E-state index >= 15 is 0 Å². The summed E-state index contributed by atoms with van der Waals surface area (Å²) in [7, 11) is 1.78. The summed E-state index contributed by atoms with van der Waals surface area (Å²) in [6.07, 6.45) is 3.68. The first-order valence-electron chi connectivity index (χ1n) is 6.71. The molecule has 1 N–H and O–H groups in total. The van der Waals surface area contributed by atoms with Crippen molar-refractivity contribution >= 4 is 21.8 Å². The summed E-state index contributed by atoms with van der Waals surface area (Å²) >= 11 is 3.36. The molecule has 1 aromatic heterocycles. The molecular formula is C13H21BrN4O. The molecular weight excluding hydrogens is 308 g/mol. The zero-order valence-electron chi connectivity index (χ0n) is 11.7. The molecule has 1 fully saturated rings. The van der Waals surface area contributed by atoms with Gasteiger partial charge in [0.05, 0.1) is 10.7 Å². The van der Waals surface area contributed by atoms with Crippen LogP contribution < -0.4 is 5.32 Å². The highest BCUT2D eigenvalue weighted by molar-refractivity contribution is 9.10. The Morgan fingerprint density at radius 1 is 1.47 bits per heavy atom. The maximum absolute atomic E-state index is 12.2. The molecule has 1 aromatic rings. The van der Waals surface area contributed by atoms with Crippen LogP contribution in [0.4, 0.5) is 0 Å². The minimum absolute atomic E-state index is 0.0464. The topological polar surface area (TPSA) is 50.2 Å². The average molecular weight is 329 g/mol. The predicted molar refractivity (Wildman–Crippen MR) is 78.1 cm³/mol. The highest BCUT2D eigenvalue weighted by Crippen LogP contribution is 2.17. The van der Waals surface area contributed by atoms with Crippen LogP contribution in [-0.4, -0.2) is 45.8 Å². The van der Waals surface area contributed by atoms with E-state index in [0.717, 1.165) is 30.4 Å². The predicted octanol–water partition coefficient (Wildman–Crippen LogP) is 1.79. The van der Waals surface area contributed by atoms with Crippen molar-refractivity contribution < 1.29 is 4.79 Å². The second-order valence-electron chi connectivity index (χ2n) is 5.34. The van der Waals surface area contributed by atoms with Crippen molar-refractivity contribution in [2.24, 2.45) is 7.05 Å². The largest absolute Gasteiger partial charge is 0.348 e. The summed E-state index contributed by atoms with van der Waals surface area (Å²) in [4.78, 5) is 14.7. The van der Waals surface area contributed by atoms with E-state index in [2.05, 4.69) is 45.1 Å². The van der Waals surface area contributed by atoms with E-state index in [9.17, 15) is 4.79 Å². The molecule has 5 nitrogen and oxygen atoms in total. The van der Waals surface area contributed by atoms with Crippen LogP contribution in [0.1, 0.15) is 37.2 Å². The van der Waals surface area contributed by atoms with Gasteiger partial charge >= 0.3 is 0 Å². The minimum atomic E-state index is -0.0464. The molecule has 0 unspecified atom stereocenters. The fraction of sp³-hybridized carbons (Fsp3) is 0.692. The maximum Gasteiger partial charge on any atom is 0.270 e. The monoisotopic (exact) mass is 328 g/mol. The highest BCUT2D eigenvalue weighted by Gasteiger charge is 2.24. The molecule has 0 aromatic carbocycles. The Bertz CT molecular complexity index is 430. The summed E-state index contributed by atoms with van der Waals surface area (Å²) < 4.78 is 2.34. The minimum Gasteiger partial charge on any atom is -0.348 e. The standard InChI is InChI=1S/C13H21BrN4O/c1-9(2)18-6-4-10(5-7-18)16-13(19)12-11(14)8-15-17(12)3/h8-10H,4-7H2,1-3H3,(H,16,19). The van der Waals surface area contributed by atoms with Crippen molar-refractivity contribution in [3.8, 4) is 0 Å². The van der Waals surface area contributed by atoms with Crippen LogP contribution in [0, 0.1) is 0 Å². The van der Waals surface area contributed by atoms with Gasteiger partial charge in [0.1, 0.15) is 5.69 Å². The van der Waals surface area contributed by atoms with E-state index in [0.29, 0.717) is 11.7 Å². The molecule has 2 heterocycles. The van der Waals surface area contributed by atoms with Gasteiger partial charge in [-0.15, -0.1) is 0 Å². The number of halogens is 1. The van der Waals surface area contributed by atoms with Crippen molar-refractivity contribution in [2.45, 2.75) is 38.8 Å². The van der Waals surface area contributed by atoms with Crippen LogP contribution >= 0.6 is 15.9 Å². The molecule has 0 aliphatic carbocycles. The van der Waals surface area contributed by atoms with Crippen LogP contribution in [0.2, 0.25) is 0 Å². The fourth-order valence-electron chi connectivity index (χ4n) is 2.48. The molecule has 0 atom stereocenters. The molecule has 106 valence electrons. The number of carbonyl (C=O) groups is 1. The fourth-order valence-corrected chi connectivity index (χ4v) is 3.01. The highest BCUT2D eigenvalue weighted by atomic mass is 79.9. The van der Waals surface area contributed by atoms with Gasteiger partial charge in [-0.05, 0) is 42.6 Å². The van der Waals surface area contributed by atoms with Crippen LogP contribution in [0.15, 0.2) is 10.7 Å². The average Bonchev–Trinajstić information content (AvgIpc) is 2.69. The molecule has 0 bridgehead atoms. The third-order valence-corrected chi connectivity index (χ3v) is 4.28. The Labute approximate surface area is 122 Å². The third-order valence-electron chi connectivity index (χ3n) is 3.70. The van der Waals surface area contributed by atoms with Gasteiger partial charge in [0.25, 0.3) is 5.91 Å². The number of carbonyl (C=O) groups excluding carboxylic acids is 1. The summed E-state index contributed by atoms with van der Waals surface area (Å²) in [5.74, 6) is -0.0464. The second-order valence-corrected chi connectivity index (χ2v) is 6.20. The first kappa shape index (κ1) is 14.5. The van der Waals surface area contributed by atoms with Gasteiger partial charge < -0.3 is 10.2 Å². The lowest BCUT2D eigenvalue weighted by Gasteiger charge is -2.34. The summed E-state index contributed by atoms with van der Waals surface area (Å²) in [5.41, 5.74) is 0.589. The van der Waals surface area contributed by atoms with Crippen LogP contribution in [0.3, 0.4) is 0 Å². The number of hydrogen-bond acceptors (Lipinski definition) is 3. The SMILES string of the molecule is CC(C)N1CCC(NC(=O)c2c(Br)cnn2C)CC1. The summed E-state index contributed by atoms with van der Waals surface area (Å²) in [5, 5.41) is 7.17. The lowest BCUT2D eigenvalue weighted by Crippen LogP contribution is -2.46. The number of aryl methyl sites for hydroxylation is 1. The molecule has 2 rings (SSSR count). The van der Waals surface area contributed by atoms with E-state index in [1.807, 2.05) is 0 Å². The number of likely N-dealkylation sites (tertiary alicyclic amines) is 1. The van der Waals surface area contributed by atoms with Gasteiger partial charge in [0, 0.05) is 32.2 Å². The van der Waals surface area contributed by atoms with Crippen molar-refractivity contribution in [1.82, 2.24) is 20.0 Å². The molecule has 0 radical (unpaired) electrons. The first-order valence-corrected chi connectivity index (χ1v) is 7.50. The quantitative estimate of drug-likeness (QED) is 0.920. The molecule has 1 saturated heterocycles. The molecule has 19 heavy (non-hydrogen) atoms. The molecule has 1 amide bonds. The lowest BCUT2D eigenvalue weighted by atomic mass is 10.0. The smallest absolute Gasteiger partial charge is 0.270 e. The molecule has 1 aliphatic rings. The number of hydrogen-bond donors (Lipinski definition) is 1. The van der Waals surface area contributed by atoms with Gasteiger partial charge in [-0.2, -0.15) is 5.10 Å². The number of nitrogens with zero attached hydrogens (tertiary/aromatic N) is 3.